The molecule has 0 saturated heterocycles. The highest BCUT2D eigenvalue weighted by Crippen LogP contribution is 2.08. The van der Waals surface area contributed by atoms with Crippen molar-refractivity contribution >= 4 is 5.97 Å². The van der Waals surface area contributed by atoms with Crippen molar-refractivity contribution in [3.8, 4) is 0 Å². The Kier molecular flexibility index (Phi) is 18.5. The van der Waals surface area contributed by atoms with Gasteiger partial charge >= 0.3 is 5.97 Å². The molecule has 0 aromatic carbocycles. The lowest BCUT2D eigenvalue weighted by atomic mass is 10.1. The van der Waals surface area contributed by atoms with Crippen LogP contribution in [0.15, 0.2) is 72.7 Å². The molecule has 0 saturated carbocycles. The molecule has 0 amide bonds. The Hall–Kier alpha value is -2.16. The fourth-order valence-corrected chi connectivity index (χ4v) is 2.25. The van der Waals surface area contributed by atoms with E-state index in [1.165, 1.54) is 51.0 Å². The molecule has 0 aromatic rings. The third kappa shape index (κ3) is 18.4. The van der Waals surface area contributed by atoms with Gasteiger partial charge in [0.1, 0.15) is 0 Å². The first-order valence-electron chi connectivity index (χ1n) is 10.1. The lowest BCUT2D eigenvalue weighted by Gasteiger charge is -1.98. The van der Waals surface area contributed by atoms with Crippen molar-refractivity contribution in [2.24, 2.45) is 0 Å². The molecule has 0 aliphatic carbocycles. The number of esters is 1. The average molecular weight is 375 g/mol. The number of hydrogen-bond acceptors (Lipinski definition) is 2. The summed E-state index contributed by atoms with van der Waals surface area (Å²) in [4.78, 5) is 11.0. The molecule has 3 heteroatoms. The molecule has 2 nitrogen and oxygen atoms in total. The molecular formula is C24H35FO2. The zero-order chi connectivity index (χ0) is 20.0. The van der Waals surface area contributed by atoms with Crippen molar-refractivity contribution in [1.82, 2.24) is 0 Å². The number of ether oxygens (including phenoxy) is 1. The fraction of sp³-hybridized carbons (Fsp3) is 0.458. The number of carbonyl (C=O) groups excluding carboxylic acids is 1. The summed E-state index contributed by atoms with van der Waals surface area (Å²) < 4.78 is 17.7. The molecule has 0 aromatic heterocycles. The Morgan fingerprint density at radius 2 is 1.26 bits per heavy atom. The predicted octanol–water partition coefficient (Wildman–Crippen LogP) is 7.32. The highest BCUT2D eigenvalue weighted by molar-refractivity contribution is 5.86. The van der Waals surface area contributed by atoms with Crippen LogP contribution < -0.4 is 0 Å². The smallest absolute Gasteiger partial charge is 0.367 e. The third-order valence-corrected chi connectivity index (χ3v) is 3.71. The largest absolute Gasteiger partial charge is 0.461 e. The number of carbonyl (C=O) groups is 1. The first kappa shape index (κ1) is 24.8. The number of halogens is 1. The third-order valence-electron chi connectivity index (χ3n) is 3.71. The summed E-state index contributed by atoms with van der Waals surface area (Å²) in [5, 5.41) is 0. The van der Waals surface area contributed by atoms with Gasteiger partial charge in [-0.05, 0) is 25.8 Å². The second-order valence-corrected chi connectivity index (χ2v) is 6.11. The van der Waals surface area contributed by atoms with Gasteiger partial charge in [-0.25, -0.2) is 4.79 Å². The molecule has 0 bridgehead atoms. The molecule has 0 rings (SSSR count). The molecule has 27 heavy (non-hydrogen) atoms. The van der Waals surface area contributed by atoms with Crippen LogP contribution in [-0.4, -0.2) is 12.6 Å². The SMILES string of the molecule is CCCCCCCCCC=CC=CC=CC=CC=CC=C(F)C(=O)OCC. The standard InChI is InChI=1S/C24H35FO2/c1-3-5-6-7-8-9-10-11-12-13-14-15-16-17-18-19-20-21-22-23(25)24(26)27-4-2/h12-22H,3-11H2,1-2H3. The lowest BCUT2D eigenvalue weighted by Crippen LogP contribution is -2.03. The Morgan fingerprint density at radius 1 is 0.741 bits per heavy atom. The van der Waals surface area contributed by atoms with Crippen LogP contribution in [0.4, 0.5) is 4.39 Å². The number of allylic oxidation sites excluding steroid dienone is 11. The van der Waals surface area contributed by atoms with E-state index in [0.29, 0.717) is 0 Å². The van der Waals surface area contributed by atoms with Crippen molar-refractivity contribution in [3.05, 3.63) is 72.7 Å². The number of hydrogen-bond donors (Lipinski definition) is 0. The van der Waals surface area contributed by atoms with Gasteiger partial charge in [-0.1, -0.05) is 106 Å². The molecule has 0 aliphatic rings. The molecule has 0 fully saturated rings. The highest BCUT2D eigenvalue weighted by atomic mass is 19.1. The van der Waals surface area contributed by atoms with Crippen LogP contribution in [0.25, 0.3) is 0 Å². The maximum atomic E-state index is 13.2. The minimum atomic E-state index is -0.934. The highest BCUT2D eigenvalue weighted by Gasteiger charge is 2.06. The second-order valence-electron chi connectivity index (χ2n) is 6.11. The van der Waals surface area contributed by atoms with Crippen molar-refractivity contribution in [2.45, 2.75) is 65.2 Å². The maximum absolute atomic E-state index is 13.2. The van der Waals surface area contributed by atoms with E-state index in [4.69, 9.17) is 0 Å². The van der Waals surface area contributed by atoms with Crippen molar-refractivity contribution in [1.29, 1.82) is 0 Å². The summed E-state index contributed by atoms with van der Waals surface area (Å²) in [6, 6.07) is 0. The van der Waals surface area contributed by atoms with E-state index in [-0.39, 0.29) is 6.61 Å². The van der Waals surface area contributed by atoms with E-state index in [0.717, 1.165) is 12.5 Å². The summed E-state index contributed by atoms with van der Waals surface area (Å²) in [5.41, 5.74) is 0. The molecule has 0 unspecified atom stereocenters. The van der Waals surface area contributed by atoms with Gasteiger partial charge in [0, 0.05) is 0 Å². The molecule has 0 heterocycles. The minimum Gasteiger partial charge on any atom is -0.461 e. The molecule has 0 aliphatic heterocycles. The molecule has 0 radical (unpaired) electrons. The monoisotopic (exact) mass is 374 g/mol. The molecule has 0 N–H and O–H groups in total. The van der Waals surface area contributed by atoms with Crippen molar-refractivity contribution in [2.75, 3.05) is 6.61 Å². The van der Waals surface area contributed by atoms with Crippen LogP contribution in [0.2, 0.25) is 0 Å². The van der Waals surface area contributed by atoms with E-state index in [9.17, 15) is 9.18 Å². The van der Waals surface area contributed by atoms with Crippen LogP contribution in [0.5, 0.6) is 0 Å². The average Bonchev–Trinajstić information content (AvgIpc) is 2.67. The normalized spacial score (nSPS) is 13.2. The summed E-state index contributed by atoms with van der Waals surface area (Å²) in [6.07, 6.45) is 30.4. The van der Waals surface area contributed by atoms with Gasteiger partial charge < -0.3 is 4.74 Å². The van der Waals surface area contributed by atoms with Gasteiger partial charge in [0.15, 0.2) is 0 Å². The Balaban J connectivity index is 3.77. The fourth-order valence-electron chi connectivity index (χ4n) is 2.25. The first-order chi connectivity index (χ1) is 13.2. The van der Waals surface area contributed by atoms with E-state index < -0.39 is 11.8 Å². The van der Waals surface area contributed by atoms with Crippen LogP contribution in [-0.2, 0) is 9.53 Å². The summed E-state index contributed by atoms with van der Waals surface area (Å²) in [7, 11) is 0. The topological polar surface area (TPSA) is 26.3 Å². The van der Waals surface area contributed by atoms with E-state index in [1.807, 2.05) is 30.4 Å². The van der Waals surface area contributed by atoms with Crippen LogP contribution >= 0.6 is 0 Å². The van der Waals surface area contributed by atoms with Gasteiger partial charge in [-0.2, -0.15) is 4.39 Å². The van der Waals surface area contributed by atoms with E-state index in [2.05, 4.69) is 23.8 Å². The summed E-state index contributed by atoms with van der Waals surface area (Å²) in [5.74, 6) is -1.83. The molecule has 0 spiro atoms. The summed E-state index contributed by atoms with van der Waals surface area (Å²) in [6.45, 7) is 4.05. The van der Waals surface area contributed by atoms with Crippen LogP contribution in [0.3, 0.4) is 0 Å². The van der Waals surface area contributed by atoms with Gasteiger partial charge in [-0.3, -0.25) is 0 Å². The predicted molar refractivity (Wildman–Crippen MR) is 114 cm³/mol. The lowest BCUT2D eigenvalue weighted by molar-refractivity contribution is -0.140. The minimum absolute atomic E-state index is 0.163. The van der Waals surface area contributed by atoms with Crippen molar-refractivity contribution in [3.63, 3.8) is 0 Å². The zero-order valence-electron chi connectivity index (χ0n) is 16.9. The quantitative estimate of drug-likeness (QED) is 0.130. The zero-order valence-corrected chi connectivity index (χ0v) is 16.9. The second kappa shape index (κ2) is 20.2. The Bertz CT molecular complexity index is 537. The van der Waals surface area contributed by atoms with E-state index >= 15 is 0 Å². The number of rotatable bonds is 15. The maximum Gasteiger partial charge on any atom is 0.367 e. The van der Waals surface area contributed by atoms with Crippen LogP contribution in [0.1, 0.15) is 65.2 Å². The van der Waals surface area contributed by atoms with Crippen molar-refractivity contribution < 1.29 is 13.9 Å². The van der Waals surface area contributed by atoms with Gasteiger partial charge in [0.05, 0.1) is 6.61 Å². The first-order valence-corrected chi connectivity index (χ1v) is 10.1. The van der Waals surface area contributed by atoms with Gasteiger partial charge in [0.2, 0.25) is 5.83 Å². The number of unbranched alkanes of at least 4 members (excludes halogenated alkanes) is 7. The summed E-state index contributed by atoms with van der Waals surface area (Å²) >= 11 is 0. The molecular weight excluding hydrogens is 339 g/mol. The molecule has 150 valence electrons. The van der Waals surface area contributed by atoms with Crippen LogP contribution in [0, 0.1) is 0 Å². The Labute approximate surface area is 164 Å². The van der Waals surface area contributed by atoms with Gasteiger partial charge in [0.25, 0.3) is 0 Å². The van der Waals surface area contributed by atoms with E-state index in [1.54, 1.807) is 19.1 Å². The van der Waals surface area contributed by atoms with Gasteiger partial charge in [-0.15, -0.1) is 0 Å². The Morgan fingerprint density at radius 3 is 1.85 bits per heavy atom. The molecule has 0 atom stereocenters.